The number of Topliss-reactive ketones (excluding diaryl/α,β-unsaturated/α-hetero) is 1. The first-order valence-electron chi connectivity index (χ1n) is 11.5. The van der Waals surface area contributed by atoms with E-state index in [0.717, 1.165) is 52.9 Å². The van der Waals surface area contributed by atoms with Gasteiger partial charge in [0.15, 0.2) is 0 Å². The zero-order valence-electron chi connectivity index (χ0n) is 18.1. The Hall–Kier alpha value is -3.86. The fourth-order valence-corrected chi connectivity index (χ4v) is 5.61. The van der Waals surface area contributed by atoms with E-state index in [-0.39, 0.29) is 17.4 Å². The van der Waals surface area contributed by atoms with E-state index in [1.807, 2.05) is 72.9 Å². The second kappa shape index (κ2) is 7.62. The summed E-state index contributed by atoms with van der Waals surface area (Å²) in [6.07, 6.45) is 5.70. The Balaban J connectivity index is 1.62. The van der Waals surface area contributed by atoms with Crippen LogP contribution in [0.25, 0.3) is 27.4 Å². The maximum atomic E-state index is 13.4. The van der Waals surface area contributed by atoms with Gasteiger partial charge in [-0.1, -0.05) is 73.5 Å². The van der Waals surface area contributed by atoms with Crippen LogP contribution in [-0.2, 0) is 9.59 Å². The van der Waals surface area contributed by atoms with Crippen LogP contribution in [-0.4, -0.2) is 32.7 Å². The number of ketones is 1. The van der Waals surface area contributed by atoms with E-state index in [0.29, 0.717) is 5.56 Å². The van der Waals surface area contributed by atoms with Crippen LogP contribution >= 0.6 is 0 Å². The van der Waals surface area contributed by atoms with Crippen LogP contribution in [0, 0.1) is 0 Å². The molecule has 1 aliphatic carbocycles. The van der Waals surface area contributed by atoms with Crippen molar-refractivity contribution in [1.82, 2.24) is 9.88 Å². The van der Waals surface area contributed by atoms with Gasteiger partial charge < -0.3 is 15.0 Å². The van der Waals surface area contributed by atoms with Crippen molar-refractivity contribution in [1.29, 1.82) is 0 Å². The Morgan fingerprint density at radius 2 is 1.58 bits per heavy atom. The summed E-state index contributed by atoms with van der Waals surface area (Å²) in [5, 5.41) is 14.4. The first-order chi connectivity index (χ1) is 16.1. The van der Waals surface area contributed by atoms with Gasteiger partial charge in [-0.2, -0.15) is 0 Å². The lowest BCUT2D eigenvalue weighted by atomic mass is 9.92. The Kier molecular flexibility index (Phi) is 4.57. The molecule has 1 unspecified atom stereocenters. The minimum atomic E-state index is -0.622. The van der Waals surface area contributed by atoms with Crippen molar-refractivity contribution in [3.8, 4) is 0 Å². The average Bonchev–Trinajstić information content (AvgIpc) is 3.57. The third kappa shape index (κ3) is 2.99. The number of benzene rings is 3. The lowest BCUT2D eigenvalue weighted by Crippen LogP contribution is -2.37. The molecule has 5 nitrogen and oxygen atoms in total. The summed E-state index contributed by atoms with van der Waals surface area (Å²) in [7, 11) is 0. The molecule has 1 saturated carbocycles. The molecule has 1 saturated heterocycles. The molecule has 0 bridgehead atoms. The highest BCUT2D eigenvalue weighted by atomic mass is 16.3. The fraction of sp³-hybridized carbons (Fsp3) is 0.214. The third-order valence-electron chi connectivity index (χ3n) is 7.16. The van der Waals surface area contributed by atoms with Gasteiger partial charge in [-0.15, -0.1) is 0 Å². The van der Waals surface area contributed by atoms with Crippen molar-refractivity contribution in [3.05, 3.63) is 89.6 Å². The van der Waals surface area contributed by atoms with Gasteiger partial charge in [0.25, 0.3) is 11.7 Å². The first kappa shape index (κ1) is 19.8. The minimum absolute atomic E-state index is 0.00192. The highest BCUT2D eigenvalue weighted by Gasteiger charge is 2.49. The Bertz CT molecular complexity index is 1440. The molecule has 1 atom stereocenters. The number of hydrogen-bond acceptors (Lipinski definition) is 3. The lowest BCUT2D eigenvalue weighted by molar-refractivity contribution is -0.141. The molecule has 2 fully saturated rings. The van der Waals surface area contributed by atoms with E-state index < -0.39 is 17.7 Å². The van der Waals surface area contributed by atoms with Crippen LogP contribution in [0.4, 0.5) is 0 Å². The molecular formula is C28H24N2O3. The monoisotopic (exact) mass is 436 g/mol. The number of aromatic nitrogens is 1. The molecule has 1 aromatic heterocycles. The number of aliphatic hydroxyl groups is 1. The van der Waals surface area contributed by atoms with Crippen LogP contribution in [0.2, 0.25) is 0 Å². The van der Waals surface area contributed by atoms with Gasteiger partial charge in [-0.25, -0.2) is 0 Å². The number of nitrogens with one attached hydrogen (secondary N) is 1. The number of para-hydroxylation sites is 1. The molecular weight excluding hydrogens is 412 g/mol. The number of aromatic amines is 1. The van der Waals surface area contributed by atoms with Crippen molar-refractivity contribution in [2.24, 2.45) is 0 Å². The van der Waals surface area contributed by atoms with E-state index in [2.05, 4.69) is 4.98 Å². The summed E-state index contributed by atoms with van der Waals surface area (Å²) in [5.41, 5.74) is 2.53. The summed E-state index contributed by atoms with van der Waals surface area (Å²) in [6, 6.07) is 20.7. The number of carbonyl (C=O) groups excluding carboxylic acids is 2. The quantitative estimate of drug-likeness (QED) is 0.246. The summed E-state index contributed by atoms with van der Waals surface area (Å²) >= 11 is 0. The standard InChI is InChI=1S/C28H24N2O3/c31-26(21-14-7-9-17-8-1-4-12-19(17)21)24-25(22-16-29-23-15-6-5-13-20(22)23)30(28(33)27(24)32)18-10-2-3-11-18/h1,4-9,12-16,18,25,29,31H,2-3,10-11H2/b26-24+. The third-order valence-corrected chi connectivity index (χ3v) is 7.16. The molecule has 1 amide bonds. The number of carbonyl (C=O) groups is 2. The van der Waals surface area contributed by atoms with Gasteiger partial charge in [-0.3, -0.25) is 9.59 Å². The Morgan fingerprint density at radius 1 is 0.879 bits per heavy atom. The normalized spacial score (nSPS) is 21.0. The first-order valence-corrected chi connectivity index (χ1v) is 11.5. The van der Waals surface area contributed by atoms with Crippen LogP contribution in [0.5, 0.6) is 0 Å². The molecule has 1 aliphatic heterocycles. The highest BCUT2D eigenvalue weighted by Crippen LogP contribution is 2.45. The second-order valence-corrected chi connectivity index (χ2v) is 8.96. The largest absolute Gasteiger partial charge is 0.507 e. The van der Waals surface area contributed by atoms with Crippen LogP contribution in [0.1, 0.15) is 42.9 Å². The summed E-state index contributed by atoms with van der Waals surface area (Å²) < 4.78 is 0. The van der Waals surface area contributed by atoms with E-state index in [4.69, 9.17) is 0 Å². The maximum Gasteiger partial charge on any atom is 0.295 e. The molecule has 4 aromatic rings. The van der Waals surface area contributed by atoms with E-state index >= 15 is 0 Å². The van der Waals surface area contributed by atoms with Crippen molar-refractivity contribution >= 4 is 39.1 Å². The number of amides is 1. The van der Waals surface area contributed by atoms with Gasteiger partial charge in [0, 0.05) is 34.3 Å². The molecule has 6 rings (SSSR count). The zero-order chi connectivity index (χ0) is 22.5. The van der Waals surface area contributed by atoms with Gasteiger partial charge in [-0.05, 0) is 29.7 Å². The van der Waals surface area contributed by atoms with E-state index in [9.17, 15) is 14.7 Å². The molecule has 33 heavy (non-hydrogen) atoms. The number of fused-ring (bicyclic) bond motifs is 2. The summed E-state index contributed by atoms with van der Waals surface area (Å²) in [6.45, 7) is 0. The molecule has 2 N–H and O–H groups in total. The molecule has 0 spiro atoms. The molecule has 164 valence electrons. The smallest absolute Gasteiger partial charge is 0.295 e. The second-order valence-electron chi connectivity index (χ2n) is 8.96. The van der Waals surface area contributed by atoms with Crippen LogP contribution < -0.4 is 0 Å². The number of H-pyrrole nitrogens is 1. The summed E-state index contributed by atoms with van der Waals surface area (Å²) in [4.78, 5) is 31.8. The minimum Gasteiger partial charge on any atom is -0.507 e. The zero-order valence-corrected chi connectivity index (χ0v) is 18.1. The van der Waals surface area contributed by atoms with Crippen molar-refractivity contribution in [3.63, 3.8) is 0 Å². The number of rotatable bonds is 3. The number of aliphatic hydroxyl groups excluding tert-OH is 1. The van der Waals surface area contributed by atoms with Crippen LogP contribution in [0.15, 0.2) is 78.5 Å². The van der Waals surface area contributed by atoms with Crippen molar-refractivity contribution < 1.29 is 14.7 Å². The van der Waals surface area contributed by atoms with Gasteiger partial charge in [0.2, 0.25) is 0 Å². The molecule has 2 aliphatic rings. The number of likely N-dealkylation sites (tertiary alicyclic amines) is 1. The van der Waals surface area contributed by atoms with E-state index in [1.165, 1.54) is 0 Å². The van der Waals surface area contributed by atoms with Crippen molar-refractivity contribution in [2.45, 2.75) is 37.8 Å². The van der Waals surface area contributed by atoms with Gasteiger partial charge in [0.05, 0.1) is 11.6 Å². The molecule has 2 heterocycles. The van der Waals surface area contributed by atoms with Gasteiger partial charge >= 0.3 is 0 Å². The predicted molar refractivity (Wildman–Crippen MR) is 129 cm³/mol. The van der Waals surface area contributed by atoms with Crippen LogP contribution in [0.3, 0.4) is 0 Å². The molecule has 3 aromatic carbocycles. The highest BCUT2D eigenvalue weighted by molar-refractivity contribution is 6.47. The SMILES string of the molecule is O=C1C(=O)N(C2CCCC2)C(c2c[nH]c3ccccc23)/C1=C(\O)c1cccc2ccccc12. The fourth-order valence-electron chi connectivity index (χ4n) is 5.61. The molecule has 5 heteroatoms. The topological polar surface area (TPSA) is 73.4 Å². The Labute approximate surface area is 191 Å². The van der Waals surface area contributed by atoms with Gasteiger partial charge in [0.1, 0.15) is 5.76 Å². The average molecular weight is 437 g/mol. The predicted octanol–water partition coefficient (Wildman–Crippen LogP) is 5.69. The Morgan fingerprint density at radius 3 is 2.39 bits per heavy atom. The van der Waals surface area contributed by atoms with E-state index in [1.54, 1.807) is 4.90 Å². The number of nitrogens with zero attached hydrogens (tertiary/aromatic N) is 1. The molecule has 0 radical (unpaired) electrons. The summed E-state index contributed by atoms with van der Waals surface area (Å²) in [5.74, 6) is -1.23. The lowest BCUT2D eigenvalue weighted by Gasteiger charge is -2.30. The maximum absolute atomic E-state index is 13.4. The van der Waals surface area contributed by atoms with Crippen molar-refractivity contribution in [2.75, 3.05) is 0 Å². The number of hydrogen-bond donors (Lipinski definition) is 2.